The maximum Gasteiger partial charge on any atom is 0.253 e. The molecule has 0 bridgehead atoms. The van der Waals surface area contributed by atoms with Crippen molar-refractivity contribution in [1.82, 2.24) is 4.90 Å². The van der Waals surface area contributed by atoms with Crippen molar-refractivity contribution >= 4 is 29.1 Å². The second-order valence-corrected chi connectivity index (χ2v) is 7.16. The van der Waals surface area contributed by atoms with Gasteiger partial charge in [0.25, 0.3) is 5.91 Å². The lowest BCUT2D eigenvalue weighted by atomic mass is 9.95. The maximum atomic E-state index is 12.7. The summed E-state index contributed by atoms with van der Waals surface area (Å²) in [6.45, 7) is 6.77. The van der Waals surface area contributed by atoms with Crippen LogP contribution in [0.2, 0.25) is 10.0 Å². The van der Waals surface area contributed by atoms with Crippen LogP contribution in [0.25, 0.3) is 0 Å². The molecule has 0 aliphatic heterocycles. The van der Waals surface area contributed by atoms with Gasteiger partial charge in [-0.25, -0.2) is 0 Å². The van der Waals surface area contributed by atoms with E-state index in [4.69, 9.17) is 23.2 Å². The molecule has 24 heavy (non-hydrogen) atoms. The fraction of sp³-hybridized carbons (Fsp3) is 0.350. The Morgan fingerprint density at radius 2 is 1.67 bits per heavy atom. The van der Waals surface area contributed by atoms with E-state index in [2.05, 4.69) is 13.0 Å². The number of rotatable bonds is 5. The lowest BCUT2D eigenvalue weighted by molar-refractivity contribution is 0.0785. The number of hydrogen-bond acceptors (Lipinski definition) is 1. The number of nitrogens with zero attached hydrogens (tertiary/aromatic N) is 1. The van der Waals surface area contributed by atoms with E-state index in [-0.39, 0.29) is 11.8 Å². The monoisotopic (exact) mass is 363 g/mol. The largest absolute Gasteiger partial charge is 0.341 e. The number of carbonyl (C=O) groups excluding carboxylic acids is 1. The molecule has 0 aliphatic rings. The van der Waals surface area contributed by atoms with Gasteiger partial charge in [0.05, 0.1) is 10.0 Å². The normalized spacial score (nSPS) is 12.1. The second kappa shape index (κ2) is 8.04. The van der Waals surface area contributed by atoms with Crippen molar-refractivity contribution in [3.63, 3.8) is 0 Å². The molecule has 0 fully saturated rings. The molecule has 4 heteroatoms. The van der Waals surface area contributed by atoms with Crippen LogP contribution >= 0.6 is 23.2 Å². The number of carbonyl (C=O) groups is 1. The summed E-state index contributed by atoms with van der Waals surface area (Å²) in [4.78, 5) is 14.5. The fourth-order valence-corrected chi connectivity index (χ4v) is 3.28. The third-order valence-electron chi connectivity index (χ3n) is 4.22. The Morgan fingerprint density at radius 1 is 1.04 bits per heavy atom. The van der Waals surface area contributed by atoms with Crippen molar-refractivity contribution in [2.24, 2.45) is 0 Å². The van der Waals surface area contributed by atoms with E-state index in [0.29, 0.717) is 16.6 Å². The first-order chi connectivity index (χ1) is 11.3. The average molecular weight is 364 g/mol. The zero-order chi connectivity index (χ0) is 17.9. The Hall–Kier alpha value is -1.51. The number of amides is 1. The highest BCUT2D eigenvalue weighted by Gasteiger charge is 2.18. The topological polar surface area (TPSA) is 20.3 Å². The number of halogens is 2. The SMILES string of the molecule is CC[C@H](CN(C)C(=O)c1cc(C)cc(C)c1)c1ccc(Cl)c(Cl)c1. The van der Waals surface area contributed by atoms with Crippen molar-refractivity contribution in [2.75, 3.05) is 13.6 Å². The lowest BCUT2D eigenvalue weighted by Crippen LogP contribution is -2.31. The summed E-state index contributed by atoms with van der Waals surface area (Å²) in [5.41, 5.74) is 4.04. The Bertz CT molecular complexity index is 722. The minimum absolute atomic E-state index is 0.0420. The molecule has 0 radical (unpaired) electrons. The summed E-state index contributed by atoms with van der Waals surface area (Å²) >= 11 is 12.1. The first-order valence-corrected chi connectivity index (χ1v) is 8.86. The predicted octanol–water partition coefficient (Wildman–Crippen LogP) is 5.88. The third-order valence-corrected chi connectivity index (χ3v) is 4.96. The molecule has 1 amide bonds. The van der Waals surface area contributed by atoms with E-state index >= 15 is 0 Å². The summed E-state index contributed by atoms with van der Waals surface area (Å²) in [5.74, 6) is 0.264. The van der Waals surface area contributed by atoms with Crippen LogP contribution in [0.1, 0.15) is 46.3 Å². The smallest absolute Gasteiger partial charge is 0.253 e. The molecule has 0 N–H and O–H groups in total. The predicted molar refractivity (Wildman–Crippen MR) is 102 cm³/mol. The van der Waals surface area contributed by atoms with Gasteiger partial charge in [-0.2, -0.15) is 0 Å². The summed E-state index contributed by atoms with van der Waals surface area (Å²) < 4.78 is 0. The Labute approximate surface area is 154 Å². The minimum Gasteiger partial charge on any atom is -0.341 e. The molecule has 0 spiro atoms. The summed E-state index contributed by atoms with van der Waals surface area (Å²) in [5, 5.41) is 1.10. The zero-order valence-corrected chi connectivity index (χ0v) is 16.1. The number of likely N-dealkylation sites (N-methyl/N-ethyl adjacent to an activating group) is 1. The maximum absolute atomic E-state index is 12.7. The van der Waals surface area contributed by atoms with Crippen LogP contribution in [0.15, 0.2) is 36.4 Å². The van der Waals surface area contributed by atoms with E-state index in [1.54, 1.807) is 4.90 Å². The molecule has 1 atom stereocenters. The van der Waals surface area contributed by atoms with Gasteiger partial charge < -0.3 is 4.90 Å². The summed E-state index contributed by atoms with van der Waals surface area (Å²) in [6, 6.07) is 11.6. The summed E-state index contributed by atoms with van der Waals surface area (Å²) in [7, 11) is 1.85. The van der Waals surface area contributed by atoms with Gasteiger partial charge in [-0.15, -0.1) is 0 Å². The molecule has 0 aliphatic carbocycles. The van der Waals surface area contributed by atoms with Crippen molar-refractivity contribution in [3.05, 3.63) is 68.7 Å². The molecule has 0 aromatic heterocycles. The van der Waals surface area contributed by atoms with Crippen LogP contribution in [0.3, 0.4) is 0 Å². The molecule has 0 heterocycles. The Kier molecular flexibility index (Phi) is 6.31. The van der Waals surface area contributed by atoms with Gasteiger partial charge in [0.2, 0.25) is 0 Å². The van der Waals surface area contributed by atoms with Crippen LogP contribution in [-0.4, -0.2) is 24.4 Å². The first-order valence-electron chi connectivity index (χ1n) is 8.10. The van der Waals surface area contributed by atoms with Gasteiger partial charge in [0, 0.05) is 25.1 Å². The van der Waals surface area contributed by atoms with Crippen LogP contribution < -0.4 is 0 Å². The molecule has 0 unspecified atom stereocenters. The van der Waals surface area contributed by atoms with Crippen molar-refractivity contribution in [1.29, 1.82) is 0 Å². The van der Waals surface area contributed by atoms with Crippen LogP contribution in [0.5, 0.6) is 0 Å². The fourth-order valence-electron chi connectivity index (χ4n) is 2.97. The highest BCUT2D eigenvalue weighted by Crippen LogP contribution is 2.28. The van der Waals surface area contributed by atoms with Gasteiger partial charge in [-0.3, -0.25) is 4.79 Å². The van der Waals surface area contributed by atoms with Gasteiger partial charge in [0.1, 0.15) is 0 Å². The quantitative estimate of drug-likeness (QED) is 0.649. The Morgan fingerprint density at radius 3 is 2.21 bits per heavy atom. The molecular formula is C20H23Cl2NO. The minimum atomic E-state index is 0.0420. The van der Waals surface area contributed by atoms with Gasteiger partial charge in [-0.1, -0.05) is 53.4 Å². The number of hydrogen-bond donors (Lipinski definition) is 0. The Balaban J connectivity index is 2.17. The molecule has 2 rings (SSSR count). The summed E-state index contributed by atoms with van der Waals surface area (Å²) in [6.07, 6.45) is 0.919. The molecule has 2 nitrogen and oxygen atoms in total. The molecule has 128 valence electrons. The van der Waals surface area contributed by atoms with Crippen molar-refractivity contribution in [3.8, 4) is 0 Å². The molecule has 2 aromatic carbocycles. The third kappa shape index (κ3) is 4.52. The molecular weight excluding hydrogens is 341 g/mol. The molecule has 2 aromatic rings. The van der Waals surface area contributed by atoms with Gasteiger partial charge in [0.15, 0.2) is 0 Å². The van der Waals surface area contributed by atoms with E-state index in [1.165, 1.54) is 0 Å². The van der Waals surface area contributed by atoms with Crippen LogP contribution in [0, 0.1) is 13.8 Å². The van der Waals surface area contributed by atoms with Crippen LogP contribution in [0.4, 0.5) is 0 Å². The first kappa shape index (κ1) is 18.8. The van der Waals surface area contributed by atoms with Crippen molar-refractivity contribution in [2.45, 2.75) is 33.1 Å². The molecule has 0 saturated carbocycles. The van der Waals surface area contributed by atoms with E-state index in [1.807, 2.05) is 51.2 Å². The number of benzene rings is 2. The van der Waals surface area contributed by atoms with Crippen molar-refractivity contribution < 1.29 is 4.79 Å². The van der Waals surface area contributed by atoms with E-state index in [9.17, 15) is 4.79 Å². The number of aryl methyl sites for hydroxylation is 2. The standard InChI is InChI=1S/C20H23Cl2NO/c1-5-15(16-6-7-18(21)19(22)11-16)12-23(4)20(24)17-9-13(2)8-14(3)10-17/h6-11,15H,5,12H2,1-4H3/t15-/m1/s1. The highest BCUT2D eigenvalue weighted by molar-refractivity contribution is 6.42. The average Bonchev–Trinajstić information content (AvgIpc) is 2.53. The van der Waals surface area contributed by atoms with Crippen LogP contribution in [-0.2, 0) is 0 Å². The lowest BCUT2D eigenvalue weighted by Gasteiger charge is -2.24. The highest BCUT2D eigenvalue weighted by atomic mass is 35.5. The molecule has 0 saturated heterocycles. The van der Waals surface area contributed by atoms with Gasteiger partial charge in [-0.05, 0) is 50.1 Å². The van der Waals surface area contributed by atoms with Gasteiger partial charge >= 0.3 is 0 Å². The van der Waals surface area contributed by atoms with E-state index < -0.39 is 0 Å². The van der Waals surface area contributed by atoms with E-state index in [0.717, 1.165) is 28.7 Å². The zero-order valence-electron chi connectivity index (χ0n) is 14.6. The second-order valence-electron chi connectivity index (χ2n) is 6.34.